The van der Waals surface area contributed by atoms with E-state index in [4.69, 9.17) is 9.47 Å². The third-order valence-electron chi connectivity index (χ3n) is 3.35. The van der Waals surface area contributed by atoms with Crippen molar-refractivity contribution in [3.8, 4) is 17.2 Å². The molecule has 0 saturated carbocycles. The number of hydrogen-bond donors (Lipinski definition) is 0. The molecule has 2 aromatic rings. The molecule has 2 rings (SSSR count). The van der Waals surface area contributed by atoms with Gasteiger partial charge in [0.1, 0.15) is 17.2 Å². The van der Waals surface area contributed by atoms with Crippen molar-refractivity contribution in [1.29, 1.82) is 0 Å². The maximum atomic E-state index is 5.88. The van der Waals surface area contributed by atoms with E-state index in [0.29, 0.717) is 6.71 Å². The van der Waals surface area contributed by atoms with Gasteiger partial charge in [0, 0.05) is 6.07 Å². The van der Waals surface area contributed by atoms with Gasteiger partial charge in [0.2, 0.25) is 0 Å². The highest BCUT2D eigenvalue weighted by Gasteiger charge is 2.04. The average Bonchev–Trinajstić information content (AvgIpc) is 2.48. The quantitative estimate of drug-likeness (QED) is 0.513. The van der Waals surface area contributed by atoms with E-state index in [2.05, 4.69) is 32.7 Å². The summed E-state index contributed by atoms with van der Waals surface area (Å²) in [7, 11) is 0. The van der Waals surface area contributed by atoms with Crippen LogP contribution >= 0.6 is 0 Å². The van der Waals surface area contributed by atoms with Gasteiger partial charge in [0.15, 0.2) is 6.71 Å². The Morgan fingerprint density at radius 3 is 2.23 bits per heavy atom. The summed E-state index contributed by atoms with van der Waals surface area (Å²) < 4.78 is 11.6. The number of unbranched alkanes of at least 4 members (excludes halogenated alkanes) is 1. The number of hydrogen-bond acceptors (Lipinski definition) is 2. The summed E-state index contributed by atoms with van der Waals surface area (Å²) in [6, 6.07) is 16.1. The third-order valence-corrected chi connectivity index (χ3v) is 3.35. The van der Waals surface area contributed by atoms with Gasteiger partial charge < -0.3 is 9.47 Å². The van der Waals surface area contributed by atoms with E-state index in [1.54, 1.807) is 0 Å². The molecule has 0 aliphatic carbocycles. The molecule has 0 saturated heterocycles. The molecule has 0 N–H and O–H groups in total. The Balaban J connectivity index is 0.00000242. The van der Waals surface area contributed by atoms with Crippen molar-refractivity contribution in [2.75, 3.05) is 6.61 Å². The molecule has 0 aliphatic heterocycles. The van der Waals surface area contributed by atoms with Gasteiger partial charge in [-0.25, -0.2) is 0 Å². The van der Waals surface area contributed by atoms with Crippen LogP contribution in [0.1, 0.15) is 27.2 Å². The Hall–Kier alpha value is -1.90. The maximum Gasteiger partial charge on any atom is 0.169 e. The van der Waals surface area contributed by atoms with E-state index in [-0.39, 0.29) is 7.43 Å². The molecule has 3 heteroatoms. The molecular formula is C19H27BO2. The summed E-state index contributed by atoms with van der Waals surface area (Å²) >= 11 is 0. The Morgan fingerprint density at radius 1 is 0.909 bits per heavy atom. The normalized spacial score (nSPS) is 9.77. The second-order valence-electron chi connectivity index (χ2n) is 5.50. The SMILES string of the molecule is C.CCCCOc1cccc(Oc2ccc(B(C)C)cc2)c1. The summed E-state index contributed by atoms with van der Waals surface area (Å²) in [5.74, 6) is 2.52. The van der Waals surface area contributed by atoms with Crippen molar-refractivity contribution >= 4 is 12.2 Å². The Kier molecular flexibility index (Phi) is 7.58. The topological polar surface area (TPSA) is 18.5 Å². The van der Waals surface area contributed by atoms with Crippen molar-refractivity contribution < 1.29 is 9.47 Å². The maximum absolute atomic E-state index is 5.88. The molecule has 0 amide bonds. The van der Waals surface area contributed by atoms with Crippen molar-refractivity contribution in [3.63, 3.8) is 0 Å². The van der Waals surface area contributed by atoms with Crippen LogP contribution in [0.2, 0.25) is 13.6 Å². The summed E-state index contributed by atoms with van der Waals surface area (Å²) in [6.07, 6.45) is 2.21. The fraction of sp³-hybridized carbons (Fsp3) is 0.368. The zero-order valence-corrected chi connectivity index (χ0v) is 13.1. The third kappa shape index (κ3) is 5.47. The number of benzene rings is 2. The van der Waals surface area contributed by atoms with Gasteiger partial charge in [0.25, 0.3) is 0 Å². The van der Waals surface area contributed by atoms with Gasteiger partial charge in [-0.2, -0.15) is 0 Å². The Bertz CT molecular complexity index is 550. The molecule has 0 radical (unpaired) electrons. The van der Waals surface area contributed by atoms with Gasteiger partial charge in [-0.05, 0) is 30.7 Å². The van der Waals surface area contributed by atoms with Crippen LogP contribution in [0.15, 0.2) is 48.5 Å². The van der Waals surface area contributed by atoms with Crippen LogP contribution < -0.4 is 14.9 Å². The van der Waals surface area contributed by atoms with Crippen molar-refractivity contribution in [2.24, 2.45) is 0 Å². The van der Waals surface area contributed by atoms with Crippen molar-refractivity contribution in [3.05, 3.63) is 48.5 Å². The molecule has 0 spiro atoms. The lowest BCUT2D eigenvalue weighted by Gasteiger charge is -2.10. The fourth-order valence-corrected chi connectivity index (χ4v) is 2.02. The average molecular weight is 298 g/mol. The predicted octanol–water partition coefficient (Wildman–Crippen LogP) is 5.26. The van der Waals surface area contributed by atoms with E-state index in [1.807, 2.05) is 36.4 Å². The lowest BCUT2D eigenvalue weighted by Crippen LogP contribution is -2.21. The first kappa shape index (κ1) is 18.2. The number of rotatable bonds is 7. The van der Waals surface area contributed by atoms with Gasteiger partial charge in [-0.15, -0.1) is 0 Å². The van der Waals surface area contributed by atoms with Gasteiger partial charge in [0.05, 0.1) is 6.61 Å². The molecule has 0 aliphatic rings. The molecule has 0 bridgehead atoms. The van der Waals surface area contributed by atoms with Crippen LogP contribution in [-0.2, 0) is 0 Å². The Labute approximate surface area is 135 Å². The van der Waals surface area contributed by atoms with Crippen LogP contribution in [0.25, 0.3) is 0 Å². The monoisotopic (exact) mass is 298 g/mol. The largest absolute Gasteiger partial charge is 0.493 e. The fourth-order valence-electron chi connectivity index (χ4n) is 2.02. The van der Waals surface area contributed by atoms with Crippen molar-refractivity contribution in [2.45, 2.75) is 40.8 Å². The minimum absolute atomic E-state index is 0. The van der Waals surface area contributed by atoms with E-state index >= 15 is 0 Å². The summed E-state index contributed by atoms with van der Waals surface area (Å²) in [6.45, 7) is 7.82. The standard InChI is InChI=1S/C18H23BO2.CH4/c1-4-5-13-20-17-7-6-8-18(14-17)21-16-11-9-15(10-12-16)19(2)3;/h6-12,14H,4-5,13H2,1-3H3;1H4. The van der Waals surface area contributed by atoms with E-state index in [0.717, 1.165) is 36.7 Å². The first-order valence-corrected chi connectivity index (χ1v) is 7.69. The van der Waals surface area contributed by atoms with Crippen molar-refractivity contribution in [1.82, 2.24) is 0 Å². The molecule has 2 nitrogen and oxygen atoms in total. The molecule has 0 unspecified atom stereocenters. The first-order chi connectivity index (χ1) is 10.2. The molecule has 0 fully saturated rings. The van der Waals surface area contributed by atoms with Gasteiger partial charge >= 0.3 is 0 Å². The second-order valence-corrected chi connectivity index (χ2v) is 5.50. The van der Waals surface area contributed by atoms with Gasteiger partial charge in [-0.1, -0.05) is 58.1 Å². The zero-order chi connectivity index (χ0) is 15.1. The summed E-state index contributed by atoms with van der Waals surface area (Å²) in [5, 5.41) is 0. The molecule has 2 aromatic carbocycles. The number of ether oxygens (including phenoxy) is 2. The minimum Gasteiger partial charge on any atom is -0.493 e. The van der Waals surface area contributed by atoms with Crippen LogP contribution in [0.5, 0.6) is 17.2 Å². The lowest BCUT2D eigenvalue weighted by molar-refractivity contribution is 0.308. The highest BCUT2D eigenvalue weighted by atomic mass is 16.5. The van der Waals surface area contributed by atoms with E-state index < -0.39 is 0 Å². The zero-order valence-electron chi connectivity index (χ0n) is 13.1. The highest BCUT2D eigenvalue weighted by Crippen LogP contribution is 2.24. The van der Waals surface area contributed by atoms with Crippen LogP contribution in [0.4, 0.5) is 0 Å². The Morgan fingerprint density at radius 2 is 1.59 bits per heavy atom. The molecule has 0 heterocycles. The van der Waals surface area contributed by atoms with E-state index in [1.165, 1.54) is 5.46 Å². The van der Waals surface area contributed by atoms with Gasteiger partial charge in [-0.3, -0.25) is 0 Å². The molecule has 22 heavy (non-hydrogen) atoms. The van der Waals surface area contributed by atoms with Crippen LogP contribution in [0, 0.1) is 0 Å². The smallest absolute Gasteiger partial charge is 0.169 e. The highest BCUT2D eigenvalue weighted by molar-refractivity contribution is 6.70. The van der Waals surface area contributed by atoms with Crippen LogP contribution in [-0.4, -0.2) is 13.3 Å². The van der Waals surface area contributed by atoms with E-state index in [9.17, 15) is 0 Å². The minimum atomic E-state index is 0. The first-order valence-electron chi connectivity index (χ1n) is 7.69. The molecule has 0 atom stereocenters. The molecule has 0 aromatic heterocycles. The molecule has 118 valence electrons. The predicted molar refractivity (Wildman–Crippen MR) is 97.2 cm³/mol. The second kappa shape index (κ2) is 9.19. The van der Waals surface area contributed by atoms with Crippen LogP contribution in [0.3, 0.4) is 0 Å². The summed E-state index contributed by atoms with van der Waals surface area (Å²) in [4.78, 5) is 0. The lowest BCUT2D eigenvalue weighted by atomic mass is 9.49. The molecular weight excluding hydrogens is 271 g/mol. The summed E-state index contributed by atoms with van der Waals surface area (Å²) in [5.41, 5.74) is 1.32.